The van der Waals surface area contributed by atoms with Crippen LogP contribution < -0.4 is 4.74 Å². The van der Waals surface area contributed by atoms with Crippen LogP contribution >= 0.6 is 0 Å². The van der Waals surface area contributed by atoms with Crippen LogP contribution in [0.1, 0.15) is 40.1 Å². The molecule has 0 aliphatic heterocycles. The lowest BCUT2D eigenvalue weighted by atomic mass is 9.98. The molecular formula is C28H23N5O4. The Labute approximate surface area is 212 Å². The van der Waals surface area contributed by atoms with Gasteiger partial charge in [0.15, 0.2) is 5.78 Å². The largest absolute Gasteiger partial charge is 0.506 e. The molecular weight excluding hydrogens is 470 g/mol. The van der Waals surface area contributed by atoms with Crippen molar-refractivity contribution in [1.29, 1.82) is 0 Å². The van der Waals surface area contributed by atoms with E-state index in [1.54, 1.807) is 36.5 Å². The van der Waals surface area contributed by atoms with E-state index in [-0.39, 0.29) is 23.7 Å². The van der Waals surface area contributed by atoms with Gasteiger partial charge in [0, 0.05) is 11.8 Å². The lowest BCUT2D eigenvalue weighted by molar-refractivity contribution is 0.101. The molecule has 0 amide bonds. The number of rotatable bonds is 8. The minimum atomic E-state index is -0.839. The van der Waals surface area contributed by atoms with E-state index in [0.717, 1.165) is 11.1 Å². The summed E-state index contributed by atoms with van der Waals surface area (Å²) >= 11 is 0. The first kappa shape index (κ1) is 23.8. The number of ether oxygens (including phenoxy) is 1. The van der Waals surface area contributed by atoms with Gasteiger partial charge in [0.2, 0.25) is 5.82 Å². The molecule has 0 saturated heterocycles. The molecule has 0 radical (unpaired) electrons. The van der Waals surface area contributed by atoms with Crippen LogP contribution in [0.5, 0.6) is 11.5 Å². The van der Waals surface area contributed by atoms with E-state index in [0.29, 0.717) is 34.0 Å². The highest BCUT2D eigenvalue weighted by Crippen LogP contribution is 2.40. The van der Waals surface area contributed by atoms with Crippen molar-refractivity contribution in [3.63, 3.8) is 0 Å². The normalized spacial score (nSPS) is 11.7. The maximum atomic E-state index is 12.0. The molecule has 9 heteroatoms. The third-order valence-corrected chi connectivity index (χ3v) is 5.94. The third kappa shape index (κ3) is 5.07. The van der Waals surface area contributed by atoms with E-state index in [1.165, 1.54) is 6.92 Å². The summed E-state index contributed by atoms with van der Waals surface area (Å²) in [6, 6.07) is 23.3. The number of phenols is 1. The molecule has 2 aromatic heterocycles. The predicted molar refractivity (Wildman–Crippen MR) is 136 cm³/mol. The van der Waals surface area contributed by atoms with Crippen molar-refractivity contribution in [2.75, 3.05) is 0 Å². The Morgan fingerprint density at radius 3 is 2.54 bits per heavy atom. The highest BCUT2D eigenvalue weighted by atomic mass is 16.5. The average Bonchev–Trinajstić information content (AvgIpc) is 3.47. The van der Waals surface area contributed by atoms with Crippen molar-refractivity contribution in [3.8, 4) is 34.1 Å². The number of nitrogens with one attached hydrogen (secondary N) is 1. The Bertz CT molecular complexity index is 1520. The first-order chi connectivity index (χ1) is 18.0. The van der Waals surface area contributed by atoms with Gasteiger partial charge in [-0.3, -0.25) is 9.78 Å². The number of phenolic OH excluding ortho intramolecular Hbond substituents is 1. The van der Waals surface area contributed by atoms with Crippen molar-refractivity contribution >= 4 is 5.78 Å². The second-order valence-corrected chi connectivity index (χ2v) is 8.40. The monoisotopic (exact) mass is 493 g/mol. The summed E-state index contributed by atoms with van der Waals surface area (Å²) in [4.78, 5) is 16.3. The van der Waals surface area contributed by atoms with E-state index in [1.807, 2.05) is 48.5 Å². The number of aliphatic hydroxyl groups is 1. The van der Waals surface area contributed by atoms with Crippen molar-refractivity contribution in [2.45, 2.75) is 19.6 Å². The predicted octanol–water partition coefficient (Wildman–Crippen LogP) is 4.50. The summed E-state index contributed by atoms with van der Waals surface area (Å²) in [5.74, 6) is 0.445. The molecule has 5 aromatic rings. The molecule has 1 unspecified atom stereocenters. The Morgan fingerprint density at radius 1 is 1.00 bits per heavy atom. The molecule has 0 fully saturated rings. The molecule has 0 spiro atoms. The highest BCUT2D eigenvalue weighted by molar-refractivity contribution is 5.99. The first-order valence-corrected chi connectivity index (χ1v) is 11.5. The second kappa shape index (κ2) is 10.4. The van der Waals surface area contributed by atoms with Gasteiger partial charge < -0.3 is 14.9 Å². The number of aromatic amines is 1. The van der Waals surface area contributed by atoms with Crippen molar-refractivity contribution in [2.24, 2.45) is 0 Å². The van der Waals surface area contributed by atoms with Crippen LogP contribution in [0, 0.1) is 0 Å². The van der Waals surface area contributed by atoms with Crippen LogP contribution in [0.15, 0.2) is 85.1 Å². The SMILES string of the molecule is CC(=O)c1ccc(OCc2ccc(C(O)c3cccc(-c4nn[nH]n4)c3)cc2)c(-c2ccccn2)c1O. The molecule has 0 aliphatic carbocycles. The fourth-order valence-corrected chi connectivity index (χ4v) is 4.02. The molecule has 37 heavy (non-hydrogen) atoms. The number of nitrogens with zero attached hydrogens (tertiary/aromatic N) is 4. The zero-order valence-corrected chi connectivity index (χ0v) is 19.9. The Morgan fingerprint density at radius 2 is 1.84 bits per heavy atom. The van der Waals surface area contributed by atoms with Crippen LogP contribution in [-0.4, -0.2) is 41.6 Å². The summed E-state index contributed by atoms with van der Waals surface area (Å²) in [5.41, 5.74) is 4.09. The average molecular weight is 494 g/mol. The lowest BCUT2D eigenvalue weighted by Gasteiger charge is -2.16. The number of aromatic hydroxyl groups is 1. The molecule has 3 N–H and O–H groups in total. The molecule has 2 heterocycles. The number of pyridine rings is 1. The maximum absolute atomic E-state index is 12.0. The number of aliphatic hydroxyl groups excluding tert-OH is 1. The maximum Gasteiger partial charge on any atom is 0.204 e. The van der Waals surface area contributed by atoms with Crippen molar-refractivity contribution < 1.29 is 19.7 Å². The number of hydrogen-bond donors (Lipinski definition) is 3. The molecule has 3 aromatic carbocycles. The van der Waals surface area contributed by atoms with Gasteiger partial charge in [-0.05, 0) is 59.2 Å². The van der Waals surface area contributed by atoms with Crippen LogP contribution in [0.4, 0.5) is 0 Å². The van der Waals surface area contributed by atoms with Crippen molar-refractivity contribution in [1.82, 2.24) is 25.6 Å². The van der Waals surface area contributed by atoms with E-state index >= 15 is 0 Å². The third-order valence-electron chi connectivity index (χ3n) is 5.94. The minimum Gasteiger partial charge on any atom is -0.506 e. The molecule has 5 rings (SSSR count). The summed E-state index contributed by atoms with van der Waals surface area (Å²) in [6.07, 6.45) is 0.773. The molecule has 0 bridgehead atoms. The van der Waals surface area contributed by atoms with Crippen molar-refractivity contribution in [3.05, 3.63) is 107 Å². The van der Waals surface area contributed by atoms with Gasteiger partial charge in [-0.2, -0.15) is 5.21 Å². The van der Waals surface area contributed by atoms with Gasteiger partial charge in [-0.25, -0.2) is 0 Å². The minimum absolute atomic E-state index is 0.162. The van der Waals surface area contributed by atoms with Gasteiger partial charge in [-0.1, -0.05) is 48.5 Å². The number of benzene rings is 3. The fraction of sp³-hybridized carbons (Fsp3) is 0.107. The topological polar surface area (TPSA) is 134 Å². The summed E-state index contributed by atoms with van der Waals surface area (Å²) in [5, 5.41) is 35.7. The Hall–Kier alpha value is -4.89. The number of Topliss-reactive ketones (excluding diaryl/α,β-unsaturated/α-hetero) is 1. The van der Waals surface area contributed by atoms with Gasteiger partial charge >= 0.3 is 0 Å². The molecule has 0 saturated carbocycles. The van der Waals surface area contributed by atoms with E-state index in [2.05, 4.69) is 25.6 Å². The molecule has 9 nitrogen and oxygen atoms in total. The number of ketones is 1. The Balaban J connectivity index is 1.34. The zero-order chi connectivity index (χ0) is 25.8. The number of tetrazole rings is 1. The number of aromatic nitrogens is 5. The van der Waals surface area contributed by atoms with Crippen LogP contribution in [-0.2, 0) is 6.61 Å². The van der Waals surface area contributed by atoms with Crippen LogP contribution in [0.2, 0.25) is 0 Å². The Kier molecular flexibility index (Phi) is 6.69. The van der Waals surface area contributed by atoms with E-state index in [9.17, 15) is 15.0 Å². The number of carbonyl (C=O) groups excluding carboxylic acids is 1. The van der Waals surface area contributed by atoms with E-state index in [4.69, 9.17) is 4.74 Å². The van der Waals surface area contributed by atoms with E-state index < -0.39 is 6.10 Å². The van der Waals surface area contributed by atoms with Gasteiger partial charge in [0.05, 0.1) is 16.8 Å². The first-order valence-electron chi connectivity index (χ1n) is 11.5. The number of carbonyl (C=O) groups is 1. The van der Waals surface area contributed by atoms with Crippen LogP contribution in [0.25, 0.3) is 22.6 Å². The summed E-state index contributed by atoms with van der Waals surface area (Å²) < 4.78 is 6.04. The summed E-state index contributed by atoms with van der Waals surface area (Å²) in [7, 11) is 0. The number of H-pyrrole nitrogens is 1. The molecule has 0 aliphatic rings. The lowest BCUT2D eigenvalue weighted by Crippen LogP contribution is -2.03. The van der Waals surface area contributed by atoms with Crippen LogP contribution in [0.3, 0.4) is 0 Å². The highest BCUT2D eigenvalue weighted by Gasteiger charge is 2.19. The second-order valence-electron chi connectivity index (χ2n) is 8.40. The number of hydrogen-bond acceptors (Lipinski definition) is 8. The smallest absolute Gasteiger partial charge is 0.204 e. The molecule has 184 valence electrons. The summed E-state index contributed by atoms with van der Waals surface area (Å²) in [6.45, 7) is 1.61. The quantitative estimate of drug-likeness (QED) is 0.269. The fourth-order valence-electron chi connectivity index (χ4n) is 4.02. The zero-order valence-electron chi connectivity index (χ0n) is 19.9. The molecule has 1 atom stereocenters. The van der Waals surface area contributed by atoms with Gasteiger partial charge in [-0.15, -0.1) is 10.2 Å². The standard InChI is InChI=1S/C28H23N5O4/c1-17(34)22-12-13-24(25(27(22)36)23-7-2-3-14-29-23)37-16-18-8-10-19(11-9-18)26(35)20-5-4-6-21(15-20)28-30-32-33-31-28/h2-15,26,35-36H,16H2,1H3,(H,30,31,32,33). The van der Waals surface area contributed by atoms with Gasteiger partial charge in [0.1, 0.15) is 24.2 Å². The van der Waals surface area contributed by atoms with Gasteiger partial charge in [0.25, 0.3) is 0 Å².